The van der Waals surface area contributed by atoms with E-state index in [-0.39, 0.29) is 5.54 Å². The lowest BCUT2D eigenvalue weighted by atomic mass is 9.89. The zero-order valence-electron chi connectivity index (χ0n) is 9.79. The van der Waals surface area contributed by atoms with Gasteiger partial charge in [0, 0.05) is 38.1 Å². The van der Waals surface area contributed by atoms with E-state index in [1.54, 1.807) is 0 Å². The van der Waals surface area contributed by atoms with Gasteiger partial charge in [0.25, 0.3) is 0 Å². The third-order valence-corrected chi connectivity index (χ3v) is 3.59. The monoisotopic (exact) mass is 211 g/mol. The van der Waals surface area contributed by atoms with Crippen LogP contribution in [0.2, 0.25) is 0 Å². The normalized spacial score (nSPS) is 32.1. The lowest BCUT2D eigenvalue weighted by Crippen LogP contribution is -2.52. The van der Waals surface area contributed by atoms with Crippen LogP contribution in [0.25, 0.3) is 0 Å². The first-order chi connectivity index (χ1) is 7.08. The van der Waals surface area contributed by atoms with E-state index in [0.29, 0.717) is 18.3 Å². The number of ketones is 1. The first-order valence-electron chi connectivity index (χ1n) is 5.96. The predicted octanol–water partition coefficient (Wildman–Crippen LogP) is 1.61. The summed E-state index contributed by atoms with van der Waals surface area (Å²) in [4.78, 5) is 13.8. The first kappa shape index (κ1) is 11.1. The molecule has 3 heteroatoms. The number of carbonyl (C=O) groups excluding carboxylic acids is 1. The molecule has 0 radical (unpaired) electrons. The van der Waals surface area contributed by atoms with Crippen molar-refractivity contribution in [3.63, 3.8) is 0 Å². The van der Waals surface area contributed by atoms with Crippen molar-refractivity contribution in [2.75, 3.05) is 19.7 Å². The molecule has 0 aromatic carbocycles. The summed E-state index contributed by atoms with van der Waals surface area (Å²) in [6, 6.07) is 0. The second kappa shape index (κ2) is 4.22. The molecule has 0 aromatic rings. The molecule has 2 saturated heterocycles. The summed E-state index contributed by atoms with van der Waals surface area (Å²) in [6.07, 6.45) is 4.19. The molecule has 86 valence electrons. The lowest BCUT2D eigenvalue weighted by molar-refractivity contribution is -0.126. The average Bonchev–Trinajstić information content (AvgIpc) is 2.61. The van der Waals surface area contributed by atoms with Crippen molar-refractivity contribution in [1.29, 1.82) is 0 Å². The maximum Gasteiger partial charge on any atom is 0.136 e. The van der Waals surface area contributed by atoms with Gasteiger partial charge < -0.3 is 4.74 Å². The molecule has 1 atom stereocenters. The van der Waals surface area contributed by atoms with Gasteiger partial charge in [-0.2, -0.15) is 0 Å². The van der Waals surface area contributed by atoms with Crippen LogP contribution in [0.1, 0.15) is 39.5 Å². The quantitative estimate of drug-likeness (QED) is 0.695. The van der Waals surface area contributed by atoms with Crippen molar-refractivity contribution in [1.82, 2.24) is 4.90 Å². The Morgan fingerprint density at radius 2 is 2.33 bits per heavy atom. The standard InChI is InChI=1S/C12H21NO2/c1-12(2)8-10(14)5-6-13(12)9-11-4-3-7-15-11/h11H,3-9H2,1-2H3. The summed E-state index contributed by atoms with van der Waals surface area (Å²) in [6.45, 7) is 7.15. The van der Waals surface area contributed by atoms with Crippen LogP contribution in [0.15, 0.2) is 0 Å². The van der Waals surface area contributed by atoms with Gasteiger partial charge in [0.2, 0.25) is 0 Å². The van der Waals surface area contributed by atoms with Crippen LogP contribution in [0.3, 0.4) is 0 Å². The molecular formula is C12H21NO2. The maximum absolute atomic E-state index is 11.4. The van der Waals surface area contributed by atoms with E-state index >= 15 is 0 Å². The van der Waals surface area contributed by atoms with Crippen LogP contribution in [-0.2, 0) is 9.53 Å². The van der Waals surface area contributed by atoms with Gasteiger partial charge in [-0.15, -0.1) is 0 Å². The summed E-state index contributed by atoms with van der Waals surface area (Å²) in [5.74, 6) is 0.406. The fourth-order valence-corrected chi connectivity index (χ4v) is 2.62. The van der Waals surface area contributed by atoms with Crippen LogP contribution in [-0.4, -0.2) is 42.0 Å². The van der Waals surface area contributed by atoms with E-state index in [0.717, 1.165) is 26.1 Å². The largest absolute Gasteiger partial charge is 0.377 e. The molecule has 2 aliphatic heterocycles. The number of hydrogen-bond donors (Lipinski definition) is 0. The van der Waals surface area contributed by atoms with Crippen molar-refractivity contribution >= 4 is 5.78 Å². The molecule has 0 saturated carbocycles. The molecule has 0 N–H and O–H groups in total. The number of rotatable bonds is 2. The van der Waals surface area contributed by atoms with Crippen molar-refractivity contribution in [2.24, 2.45) is 0 Å². The molecule has 2 fully saturated rings. The molecule has 0 bridgehead atoms. The molecule has 1 unspecified atom stereocenters. The number of nitrogens with zero attached hydrogens (tertiary/aromatic N) is 1. The number of likely N-dealkylation sites (tertiary alicyclic amines) is 1. The number of piperidine rings is 1. The fourth-order valence-electron chi connectivity index (χ4n) is 2.62. The third kappa shape index (κ3) is 2.58. The Morgan fingerprint density at radius 1 is 1.53 bits per heavy atom. The molecular weight excluding hydrogens is 190 g/mol. The van der Waals surface area contributed by atoms with Gasteiger partial charge >= 0.3 is 0 Å². The number of carbonyl (C=O) groups is 1. The molecule has 2 heterocycles. The van der Waals surface area contributed by atoms with E-state index in [4.69, 9.17) is 4.74 Å². The number of hydrogen-bond acceptors (Lipinski definition) is 3. The maximum atomic E-state index is 11.4. The second-order valence-corrected chi connectivity index (χ2v) is 5.36. The Kier molecular flexibility index (Phi) is 3.12. The molecule has 3 nitrogen and oxygen atoms in total. The van der Waals surface area contributed by atoms with Gasteiger partial charge in [0.1, 0.15) is 5.78 Å². The van der Waals surface area contributed by atoms with E-state index in [9.17, 15) is 4.79 Å². The Morgan fingerprint density at radius 3 is 2.93 bits per heavy atom. The highest BCUT2D eigenvalue weighted by Gasteiger charge is 2.35. The molecule has 0 spiro atoms. The first-order valence-corrected chi connectivity index (χ1v) is 5.96. The zero-order valence-corrected chi connectivity index (χ0v) is 9.79. The lowest BCUT2D eigenvalue weighted by Gasteiger charge is -2.42. The number of ether oxygens (including phenoxy) is 1. The third-order valence-electron chi connectivity index (χ3n) is 3.59. The predicted molar refractivity (Wildman–Crippen MR) is 58.9 cm³/mol. The van der Waals surface area contributed by atoms with E-state index in [2.05, 4.69) is 18.7 Å². The van der Waals surface area contributed by atoms with Crippen molar-refractivity contribution < 1.29 is 9.53 Å². The minimum Gasteiger partial charge on any atom is -0.377 e. The van der Waals surface area contributed by atoms with Crippen LogP contribution in [0, 0.1) is 0 Å². The van der Waals surface area contributed by atoms with Crippen molar-refractivity contribution in [2.45, 2.75) is 51.2 Å². The zero-order chi connectivity index (χ0) is 10.9. The molecule has 15 heavy (non-hydrogen) atoms. The van der Waals surface area contributed by atoms with Crippen molar-refractivity contribution in [3.8, 4) is 0 Å². The highest BCUT2D eigenvalue weighted by Crippen LogP contribution is 2.27. The SMILES string of the molecule is CC1(C)CC(=O)CCN1CC1CCCO1. The molecule has 0 amide bonds. The Balaban J connectivity index is 1.92. The van der Waals surface area contributed by atoms with E-state index < -0.39 is 0 Å². The summed E-state index contributed by atoms with van der Waals surface area (Å²) in [7, 11) is 0. The van der Waals surface area contributed by atoms with Gasteiger partial charge in [-0.05, 0) is 26.7 Å². The molecule has 2 aliphatic rings. The highest BCUT2D eigenvalue weighted by atomic mass is 16.5. The summed E-state index contributed by atoms with van der Waals surface area (Å²) in [5, 5.41) is 0. The molecule has 0 aliphatic carbocycles. The van der Waals surface area contributed by atoms with E-state index in [1.165, 1.54) is 12.8 Å². The summed E-state index contributed by atoms with van der Waals surface area (Å²) in [5.41, 5.74) is 0.0291. The van der Waals surface area contributed by atoms with Crippen LogP contribution < -0.4 is 0 Å². The molecule has 2 rings (SSSR count). The summed E-state index contributed by atoms with van der Waals surface area (Å²) >= 11 is 0. The van der Waals surface area contributed by atoms with Gasteiger partial charge in [-0.3, -0.25) is 9.69 Å². The average molecular weight is 211 g/mol. The van der Waals surface area contributed by atoms with Gasteiger partial charge in [-0.1, -0.05) is 0 Å². The van der Waals surface area contributed by atoms with Crippen LogP contribution in [0.5, 0.6) is 0 Å². The smallest absolute Gasteiger partial charge is 0.136 e. The summed E-state index contributed by atoms with van der Waals surface area (Å²) < 4.78 is 5.65. The molecule has 0 aromatic heterocycles. The Bertz CT molecular complexity index is 244. The van der Waals surface area contributed by atoms with Crippen LogP contribution in [0.4, 0.5) is 0 Å². The minimum atomic E-state index is 0.0291. The second-order valence-electron chi connectivity index (χ2n) is 5.36. The van der Waals surface area contributed by atoms with Gasteiger partial charge in [0.15, 0.2) is 0 Å². The topological polar surface area (TPSA) is 29.5 Å². The van der Waals surface area contributed by atoms with Crippen molar-refractivity contribution in [3.05, 3.63) is 0 Å². The minimum absolute atomic E-state index is 0.0291. The van der Waals surface area contributed by atoms with Gasteiger partial charge in [0.05, 0.1) is 6.10 Å². The Labute approximate surface area is 91.8 Å². The van der Waals surface area contributed by atoms with E-state index in [1.807, 2.05) is 0 Å². The highest BCUT2D eigenvalue weighted by molar-refractivity contribution is 5.80. The fraction of sp³-hybridized carbons (Fsp3) is 0.917. The number of Topliss-reactive ketones (excluding diaryl/α,β-unsaturated/α-hetero) is 1. The Hall–Kier alpha value is -0.410. The van der Waals surface area contributed by atoms with Gasteiger partial charge in [-0.25, -0.2) is 0 Å². The van der Waals surface area contributed by atoms with Crippen LogP contribution >= 0.6 is 0 Å².